The predicted molar refractivity (Wildman–Crippen MR) is 105 cm³/mol. The van der Waals surface area contributed by atoms with E-state index in [0.29, 0.717) is 0 Å². The summed E-state index contributed by atoms with van der Waals surface area (Å²) in [5.41, 5.74) is -0.107. The Labute approximate surface area is 167 Å². The quantitative estimate of drug-likeness (QED) is 0.628. The molecular weight excluding hydrogens is 407 g/mol. The lowest BCUT2D eigenvalue weighted by Crippen LogP contribution is -2.26. The first-order valence-corrected chi connectivity index (χ1v) is 10.5. The van der Waals surface area contributed by atoms with Crippen molar-refractivity contribution in [2.75, 3.05) is 25.2 Å². The summed E-state index contributed by atoms with van der Waals surface area (Å²) in [4.78, 5) is 5.02. The van der Waals surface area contributed by atoms with Gasteiger partial charge in [-0.05, 0) is 24.7 Å². The van der Waals surface area contributed by atoms with Crippen molar-refractivity contribution < 1.29 is 26.7 Å². The van der Waals surface area contributed by atoms with Gasteiger partial charge in [0.05, 0.1) is 0 Å². The first-order chi connectivity index (χ1) is 13.5. The molecular formula is C19H22F3N3O3S. The third-order valence-corrected chi connectivity index (χ3v) is 4.64. The molecule has 0 radical (unpaired) electrons. The summed E-state index contributed by atoms with van der Waals surface area (Å²) in [6.07, 6.45) is -3.55. The van der Waals surface area contributed by atoms with Crippen LogP contribution < -0.4 is 5.32 Å². The third-order valence-electron chi connectivity index (χ3n) is 3.95. The Morgan fingerprint density at radius 1 is 1.21 bits per heavy atom. The molecule has 0 fully saturated rings. The van der Waals surface area contributed by atoms with Crippen molar-refractivity contribution in [3.05, 3.63) is 70.8 Å². The predicted octanol–water partition coefficient (Wildman–Crippen LogP) is 3.19. The van der Waals surface area contributed by atoms with Crippen LogP contribution in [0.25, 0.3) is 0 Å². The highest BCUT2D eigenvalue weighted by atomic mass is 32.2. The van der Waals surface area contributed by atoms with Gasteiger partial charge in [-0.3, -0.25) is 4.90 Å². The molecule has 6 nitrogen and oxygen atoms in total. The molecule has 10 heteroatoms. The van der Waals surface area contributed by atoms with Gasteiger partial charge in [-0.25, -0.2) is 13.4 Å². The third kappa shape index (κ3) is 7.15. The molecule has 1 unspecified atom stereocenters. The Bertz CT molecular complexity index is 948. The minimum Gasteiger partial charge on any atom is -0.374 e. The van der Waals surface area contributed by atoms with Gasteiger partial charge in [-0.15, -0.1) is 0 Å². The second-order valence-corrected chi connectivity index (χ2v) is 8.42. The van der Waals surface area contributed by atoms with E-state index in [9.17, 15) is 26.7 Å². The standard InChI is InChI=1S/C19H22F3N3O3S/c1-25(11-6-12-29(2,27)28)18(26)15-9-10-16(19(20,21)22)24-17(15)23-13-14-7-4-3-5-8-14/h3-10,12,18,26H,11,13H2,1-2H3,(H,23,24)/b12-6+. The van der Waals surface area contributed by atoms with Crippen molar-refractivity contribution in [3.63, 3.8) is 0 Å². The highest BCUT2D eigenvalue weighted by molar-refractivity contribution is 7.93. The number of aromatic nitrogens is 1. The fourth-order valence-electron chi connectivity index (χ4n) is 2.48. The monoisotopic (exact) mass is 429 g/mol. The SMILES string of the molecule is CN(C/C=C/S(C)(=O)=O)C(O)c1ccc(C(F)(F)F)nc1NCc1ccccc1. The lowest BCUT2D eigenvalue weighted by molar-refractivity contribution is -0.141. The maximum absolute atomic E-state index is 13.1. The number of likely N-dealkylation sites (N-methyl/N-ethyl adjacent to an activating group) is 1. The zero-order valence-electron chi connectivity index (χ0n) is 15.9. The van der Waals surface area contributed by atoms with Crippen molar-refractivity contribution in [2.24, 2.45) is 0 Å². The van der Waals surface area contributed by atoms with Crippen LogP contribution in [0.2, 0.25) is 0 Å². The molecule has 2 rings (SSSR count). The molecule has 0 aliphatic carbocycles. The van der Waals surface area contributed by atoms with E-state index in [1.54, 1.807) is 24.3 Å². The average molecular weight is 429 g/mol. The van der Waals surface area contributed by atoms with E-state index in [0.717, 1.165) is 29.4 Å². The molecule has 0 saturated carbocycles. The number of anilines is 1. The molecule has 2 aromatic rings. The van der Waals surface area contributed by atoms with Crippen molar-refractivity contribution >= 4 is 15.7 Å². The zero-order valence-corrected chi connectivity index (χ0v) is 16.7. The molecule has 0 spiro atoms. The van der Waals surface area contributed by atoms with E-state index in [2.05, 4.69) is 10.3 Å². The number of halogens is 3. The van der Waals surface area contributed by atoms with E-state index in [1.165, 1.54) is 18.0 Å². The molecule has 1 aromatic carbocycles. The van der Waals surface area contributed by atoms with Gasteiger partial charge in [0.25, 0.3) is 0 Å². The average Bonchev–Trinajstić information content (AvgIpc) is 2.64. The topological polar surface area (TPSA) is 82.5 Å². The molecule has 0 saturated heterocycles. The van der Waals surface area contributed by atoms with Gasteiger partial charge in [-0.2, -0.15) is 13.2 Å². The normalized spacial score (nSPS) is 13.8. The number of alkyl halides is 3. The molecule has 0 aliphatic rings. The van der Waals surface area contributed by atoms with Gasteiger partial charge >= 0.3 is 6.18 Å². The summed E-state index contributed by atoms with van der Waals surface area (Å²) in [6, 6.07) is 11.0. The summed E-state index contributed by atoms with van der Waals surface area (Å²) >= 11 is 0. The van der Waals surface area contributed by atoms with Crippen LogP contribution in [-0.2, 0) is 22.6 Å². The van der Waals surface area contributed by atoms with E-state index < -0.39 is 27.9 Å². The number of pyridine rings is 1. The highest BCUT2D eigenvalue weighted by Gasteiger charge is 2.33. The summed E-state index contributed by atoms with van der Waals surface area (Å²) in [7, 11) is -1.81. The molecule has 158 valence electrons. The van der Waals surface area contributed by atoms with Crippen LogP contribution >= 0.6 is 0 Å². The van der Waals surface area contributed by atoms with Gasteiger partial charge < -0.3 is 10.4 Å². The fraction of sp³-hybridized carbons (Fsp3) is 0.316. The lowest BCUT2D eigenvalue weighted by atomic mass is 10.1. The fourth-order valence-corrected chi connectivity index (χ4v) is 2.92. The van der Waals surface area contributed by atoms with Crippen molar-refractivity contribution in [1.29, 1.82) is 0 Å². The highest BCUT2D eigenvalue weighted by Crippen LogP contribution is 2.32. The Morgan fingerprint density at radius 2 is 1.86 bits per heavy atom. The maximum atomic E-state index is 13.1. The Balaban J connectivity index is 2.27. The van der Waals surface area contributed by atoms with Crippen molar-refractivity contribution in [3.8, 4) is 0 Å². The number of sulfone groups is 1. The molecule has 0 aliphatic heterocycles. The van der Waals surface area contributed by atoms with E-state index in [1.807, 2.05) is 6.07 Å². The van der Waals surface area contributed by atoms with Crippen LogP contribution in [0, 0.1) is 0 Å². The smallest absolute Gasteiger partial charge is 0.374 e. The summed E-state index contributed by atoms with van der Waals surface area (Å²) in [5, 5.41) is 14.4. The van der Waals surface area contributed by atoms with Crippen LogP contribution in [0.1, 0.15) is 23.0 Å². The Kier molecular flexibility index (Phi) is 7.39. The van der Waals surface area contributed by atoms with Crippen LogP contribution in [0.3, 0.4) is 0 Å². The number of aliphatic hydroxyl groups excluding tert-OH is 1. The molecule has 1 atom stereocenters. The number of benzene rings is 1. The Hall–Kier alpha value is -2.43. The molecule has 2 N–H and O–H groups in total. The van der Waals surface area contributed by atoms with Gasteiger partial charge in [0.1, 0.15) is 17.7 Å². The van der Waals surface area contributed by atoms with Gasteiger partial charge in [0.2, 0.25) is 0 Å². The van der Waals surface area contributed by atoms with Crippen LogP contribution in [0.4, 0.5) is 19.0 Å². The number of hydrogen-bond donors (Lipinski definition) is 2. The number of nitrogens with one attached hydrogen (secondary N) is 1. The van der Waals surface area contributed by atoms with E-state index in [4.69, 9.17) is 0 Å². The summed E-state index contributed by atoms with van der Waals surface area (Å²) in [6.45, 7) is 0.278. The molecule has 29 heavy (non-hydrogen) atoms. The van der Waals surface area contributed by atoms with Crippen molar-refractivity contribution in [2.45, 2.75) is 18.9 Å². The number of rotatable bonds is 8. The first-order valence-electron chi connectivity index (χ1n) is 8.58. The molecule has 0 bridgehead atoms. The number of aliphatic hydroxyl groups is 1. The van der Waals surface area contributed by atoms with Gasteiger partial charge in [0.15, 0.2) is 9.84 Å². The molecule has 0 amide bonds. The number of nitrogens with zero attached hydrogens (tertiary/aromatic N) is 2. The minimum absolute atomic E-state index is 0.0629. The van der Waals surface area contributed by atoms with E-state index >= 15 is 0 Å². The second kappa shape index (κ2) is 9.38. The van der Waals surface area contributed by atoms with Crippen LogP contribution in [0.5, 0.6) is 0 Å². The lowest BCUT2D eigenvalue weighted by Gasteiger charge is -2.25. The zero-order chi connectivity index (χ0) is 21.7. The second-order valence-electron chi connectivity index (χ2n) is 6.49. The molecule has 1 aromatic heterocycles. The first kappa shape index (κ1) is 22.9. The maximum Gasteiger partial charge on any atom is 0.433 e. The van der Waals surface area contributed by atoms with Crippen LogP contribution in [-0.4, -0.2) is 43.3 Å². The van der Waals surface area contributed by atoms with Crippen molar-refractivity contribution in [1.82, 2.24) is 9.88 Å². The largest absolute Gasteiger partial charge is 0.433 e. The van der Waals surface area contributed by atoms with Crippen LogP contribution in [0.15, 0.2) is 53.9 Å². The van der Waals surface area contributed by atoms with Gasteiger partial charge in [-0.1, -0.05) is 36.4 Å². The minimum atomic E-state index is -4.63. The summed E-state index contributed by atoms with van der Waals surface area (Å²) < 4.78 is 61.5. The molecule has 1 heterocycles. The summed E-state index contributed by atoms with van der Waals surface area (Å²) in [5.74, 6) is -0.102. The number of hydrogen-bond acceptors (Lipinski definition) is 6. The van der Waals surface area contributed by atoms with E-state index in [-0.39, 0.29) is 24.5 Å². The van der Waals surface area contributed by atoms with Gasteiger partial charge in [0, 0.05) is 30.3 Å². The Morgan fingerprint density at radius 3 is 2.45 bits per heavy atom.